The van der Waals surface area contributed by atoms with E-state index in [1.807, 2.05) is 22.2 Å². The van der Waals surface area contributed by atoms with Crippen molar-refractivity contribution in [1.29, 1.82) is 0 Å². The van der Waals surface area contributed by atoms with E-state index in [1.165, 1.54) is 17.4 Å². The Kier molecular flexibility index (Phi) is 3.54. The predicted octanol–water partition coefficient (Wildman–Crippen LogP) is 4.68. The van der Waals surface area contributed by atoms with Crippen molar-refractivity contribution in [3.05, 3.63) is 52.3 Å². The molecule has 3 rings (SSSR count). The minimum Gasteiger partial charge on any atom is -0.379 e. The first-order chi connectivity index (χ1) is 9.91. The van der Waals surface area contributed by atoms with E-state index in [0.717, 1.165) is 22.8 Å². The summed E-state index contributed by atoms with van der Waals surface area (Å²) < 4.78 is 40.0. The van der Waals surface area contributed by atoms with Gasteiger partial charge >= 0.3 is 6.18 Å². The quantitative estimate of drug-likeness (QED) is 0.755. The number of fused-ring (bicyclic) bond motifs is 1. The molecule has 2 aromatic heterocycles. The first kappa shape index (κ1) is 14.2. The molecule has 21 heavy (non-hydrogen) atoms. The van der Waals surface area contributed by atoms with Gasteiger partial charge in [-0.05, 0) is 18.2 Å². The number of thiazole rings is 1. The third kappa shape index (κ3) is 3.14. The van der Waals surface area contributed by atoms with Gasteiger partial charge in [0.1, 0.15) is 0 Å². The van der Waals surface area contributed by atoms with Gasteiger partial charge in [-0.25, -0.2) is 4.98 Å². The molecule has 0 aliphatic rings. The van der Waals surface area contributed by atoms with Gasteiger partial charge in [-0.1, -0.05) is 11.6 Å². The molecule has 0 saturated heterocycles. The van der Waals surface area contributed by atoms with E-state index in [9.17, 15) is 13.2 Å². The van der Waals surface area contributed by atoms with Gasteiger partial charge in [-0.3, -0.25) is 4.40 Å². The molecule has 2 heterocycles. The molecule has 0 radical (unpaired) electrons. The van der Waals surface area contributed by atoms with E-state index < -0.39 is 11.7 Å². The average Bonchev–Trinajstić information content (AvgIpc) is 2.95. The van der Waals surface area contributed by atoms with Crippen LogP contribution in [0.3, 0.4) is 0 Å². The molecule has 0 bridgehead atoms. The molecule has 1 aromatic carbocycles. The number of halogens is 4. The molecule has 0 fully saturated rings. The number of hydrogen-bond donors (Lipinski definition) is 1. The van der Waals surface area contributed by atoms with Crippen molar-refractivity contribution in [2.75, 3.05) is 5.32 Å². The van der Waals surface area contributed by atoms with Gasteiger partial charge in [-0.15, -0.1) is 11.3 Å². The maximum Gasteiger partial charge on any atom is 0.416 e. The molecule has 0 aliphatic carbocycles. The summed E-state index contributed by atoms with van der Waals surface area (Å²) in [7, 11) is 0. The van der Waals surface area contributed by atoms with Crippen molar-refractivity contribution in [3.63, 3.8) is 0 Å². The van der Waals surface area contributed by atoms with Gasteiger partial charge < -0.3 is 5.32 Å². The number of aromatic nitrogens is 2. The van der Waals surface area contributed by atoms with Crippen LogP contribution >= 0.6 is 22.9 Å². The van der Waals surface area contributed by atoms with E-state index in [2.05, 4.69) is 10.3 Å². The second-order valence-electron chi connectivity index (χ2n) is 4.40. The molecular formula is C13H9ClF3N3S. The summed E-state index contributed by atoms with van der Waals surface area (Å²) >= 11 is 7.22. The summed E-state index contributed by atoms with van der Waals surface area (Å²) in [5, 5.41) is 4.86. The summed E-state index contributed by atoms with van der Waals surface area (Å²) in [4.78, 5) is 5.19. The summed E-state index contributed by atoms with van der Waals surface area (Å²) in [6, 6.07) is 3.39. The minimum atomic E-state index is -4.42. The van der Waals surface area contributed by atoms with Gasteiger partial charge in [-0.2, -0.15) is 13.2 Å². The lowest BCUT2D eigenvalue weighted by atomic mass is 10.2. The van der Waals surface area contributed by atoms with Crippen LogP contribution in [0.4, 0.5) is 18.9 Å². The number of alkyl halides is 3. The maximum atomic E-state index is 12.7. The van der Waals surface area contributed by atoms with Crippen LogP contribution in [0.2, 0.25) is 5.02 Å². The number of nitrogens with one attached hydrogen (secondary N) is 1. The van der Waals surface area contributed by atoms with Crippen LogP contribution in [0.1, 0.15) is 11.3 Å². The largest absolute Gasteiger partial charge is 0.416 e. The number of imidazole rings is 1. The van der Waals surface area contributed by atoms with Crippen molar-refractivity contribution in [2.24, 2.45) is 0 Å². The van der Waals surface area contributed by atoms with Gasteiger partial charge in [0.15, 0.2) is 4.96 Å². The van der Waals surface area contributed by atoms with E-state index in [0.29, 0.717) is 12.2 Å². The van der Waals surface area contributed by atoms with Gasteiger partial charge in [0, 0.05) is 28.5 Å². The SMILES string of the molecule is FC(F)(F)c1cc(Cl)cc(NCc2cn3ccsc3n2)c1. The lowest BCUT2D eigenvalue weighted by molar-refractivity contribution is -0.137. The van der Waals surface area contributed by atoms with Crippen LogP contribution in [0.15, 0.2) is 36.0 Å². The number of anilines is 1. The highest BCUT2D eigenvalue weighted by atomic mass is 35.5. The van der Waals surface area contributed by atoms with Crippen molar-refractivity contribution in [2.45, 2.75) is 12.7 Å². The van der Waals surface area contributed by atoms with E-state index >= 15 is 0 Å². The molecule has 1 N–H and O–H groups in total. The van der Waals surface area contributed by atoms with Crippen molar-refractivity contribution in [1.82, 2.24) is 9.38 Å². The fourth-order valence-electron chi connectivity index (χ4n) is 1.91. The molecule has 3 aromatic rings. The molecule has 110 valence electrons. The molecule has 0 saturated carbocycles. The number of hydrogen-bond acceptors (Lipinski definition) is 3. The van der Waals surface area contributed by atoms with Crippen molar-refractivity contribution in [3.8, 4) is 0 Å². The summed E-state index contributed by atoms with van der Waals surface area (Å²) in [6.07, 6.45) is -0.718. The number of benzene rings is 1. The van der Waals surface area contributed by atoms with Crippen LogP contribution in [0.25, 0.3) is 4.96 Å². The Morgan fingerprint density at radius 1 is 1.29 bits per heavy atom. The second-order valence-corrected chi connectivity index (χ2v) is 5.71. The monoisotopic (exact) mass is 331 g/mol. The normalized spacial score (nSPS) is 12.0. The van der Waals surface area contributed by atoms with Gasteiger partial charge in [0.05, 0.1) is 17.8 Å². The smallest absolute Gasteiger partial charge is 0.379 e. The van der Waals surface area contributed by atoms with E-state index in [-0.39, 0.29) is 5.02 Å². The molecule has 0 unspecified atom stereocenters. The zero-order valence-corrected chi connectivity index (χ0v) is 12.1. The zero-order chi connectivity index (χ0) is 15.0. The Hall–Kier alpha value is -1.73. The van der Waals surface area contributed by atoms with Crippen LogP contribution in [-0.2, 0) is 12.7 Å². The Labute approximate surface area is 127 Å². The van der Waals surface area contributed by atoms with Crippen LogP contribution in [0, 0.1) is 0 Å². The first-order valence-corrected chi connectivity index (χ1v) is 7.20. The molecule has 0 aliphatic heterocycles. The van der Waals surface area contributed by atoms with E-state index in [4.69, 9.17) is 11.6 Å². The lowest BCUT2D eigenvalue weighted by Gasteiger charge is -2.11. The fraction of sp³-hybridized carbons (Fsp3) is 0.154. The molecular weight excluding hydrogens is 323 g/mol. The Bertz CT molecular complexity index is 750. The Balaban J connectivity index is 1.78. The van der Waals surface area contributed by atoms with Crippen LogP contribution < -0.4 is 5.32 Å². The Morgan fingerprint density at radius 2 is 2.10 bits per heavy atom. The zero-order valence-electron chi connectivity index (χ0n) is 10.5. The summed E-state index contributed by atoms with van der Waals surface area (Å²) in [5.41, 5.74) is 0.282. The summed E-state index contributed by atoms with van der Waals surface area (Å²) in [6.45, 7) is 0.325. The van der Waals surface area contributed by atoms with Gasteiger partial charge in [0.2, 0.25) is 0 Å². The predicted molar refractivity (Wildman–Crippen MR) is 76.8 cm³/mol. The topological polar surface area (TPSA) is 29.3 Å². The van der Waals surface area contributed by atoms with E-state index in [1.54, 1.807) is 0 Å². The lowest BCUT2D eigenvalue weighted by Crippen LogP contribution is -2.07. The standard InChI is InChI=1S/C13H9ClF3N3S/c14-9-3-8(13(15,16)17)4-10(5-9)18-6-11-7-20-1-2-21-12(20)19-11/h1-5,7,18H,6H2. The van der Waals surface area contributed by atoms with Crippen molar-refractivity contribution < 1.29 is 13.2 Å². The number of rotatable bonds is 3. The molecule has 8 heteroatoms. The third-order valence-electron chi connectivity index (χ3n) is 2.84. The fourth-order valence-corrected chi connectivity index (χ4v) is 2.86. The maximum absolute atomic E-state index is 12.7. The highest BCUT2D eigenvalue weighted by Gasteiger charge is 2.31. The second kappa shape index (κ2) is 5.23. The Morgan fingerprint density at radius 3 is 2.81 bits per heavy atom. The molecule has 0 spiro atoms. The highest BCUT2D eigenvalue weighted by Crippen LogP contribution is 2.33. The third-order valence-corrected chi connectivity index (χ3v) is 3.83. The molecule has 0 atom stereocenters. The highest BCUT2D eigenvalue weighted by molar-refractivity contribution is 7.15. The molecule has 3 nitrogen and oxygen atoms in total. The van der Waals surface area contributed by atoms with Crippen molar-refractivity contribution >= 4 is 33.6 Å². The number of nitrogens with zero attached hydrogens (tertiary/aromatic N) is 2. The van der Waals surface area contributed by atoms with Crippen LogP contribution in [0.5, 0.6) is 0 Å². The minimum absolute atomic E-state index is 0.0400. The molecule has 0 amide bonds. The van der Waals surface area contributed by atoms with Gasteiger partial charge in [0.25, 0.3) is 0 Å². The first-order valence-electron chi connectivity index (χ1n) is 5.94. The van der Waals surface area contributed by atoms with Crippen LogP contribution in [-0.4, -0.2) is 9.38 Å². The average molecular weight is 332 g/mol. The summed E-state index contributed by atoms with van der Waals surface area (Å²) in [5.74, 6) is 0.